The van der Waals surface area contributed by atoms with E-state index in [9.17, 15) is 9.18 Å². The van der Waals surface area contributed by atoms with Crippen molar-refractivity contribution >= 4 is 5.91 Å². The van der Waals surface area contributed by atoms with Crippen LogP contribution in [0.1, 0.15) is 27.2 Å². The molecule has 3 heterocycles. The first-order chi connectivity index (χ1) is 16.2. The second-order valence-electron chi connectivity index (χ2n) is 8.27. The van der Waals surface area contributed by atoms with Gasteiger partial charge in [-0.3, -0.25) is 9.78 Å². The lowest BCUT2D eigenvalue weighted by atomic mass is 10.0. The number of amides is 1. The maximum Gasteiger partial charge on any atom is 0.253 e. The van der Waals surface area contributed by atoms with Crippen molar-refractivity contribution in [1.29, 1.82) is 0 Å². The Hall–Kier alpha value is -3.77. The second-order valence-corrected chi connectivity index (χ2v) is 8.27. The molecule has 0 fully saturated rings. The Bertz CT molecular complexity index is 1300. The van der Waals surface area contributed by atoms with E-state index in [0.29, 0.717) is 6.54 Å². The van der Waals surface area contributed by atoms with E-state index in [1.165, 1.54) is 6.07 Å². The van der Waals surface area contributed by atoms with Crippen LogP contribution in [0, 0.1) is 5.82 Å². The van der Waals surface area contributed by atoms with Gasteiger partial charge in [-0.1, -0.05) is 30.3 Å². The molecule has 0 atom stereocenters. The average molecular weight is 441 g/mol. The number of carbonyl (C=O) groups is 1. The molecule has 6 heteroatoms. The van der Waals surface area contributed by atoms with Gasteiger partial charge < -0.3 is 15.6 Å². The fourth-order valence-corrected chi connectivity index (χ4v) is 4.20. The van der Waals surface area contributed by atoms with Gasteiger partial charge in [0.1, 0.15) is 5.82 Å². The van der Waals surface area contributed by atoms with Crippen LogP contribution in [0.3, 0.4) is 0 Å². The molecule has 0 spiro atoms. The summed E-state index contributed by atoms with van der Waals surface area (Å²) >= 11 is 0. The monoisotopic (exact) mass is 440 g/mol. The Morgan fingerprint density at radius 3 is 2.73 bits per heavy atom. The van der Waals surface area contributed by atoms with Gasteiger partial charge in [0, 0.05) is 48.2 Å². The number of fused-ring (bicyclic) bond motifs is 1. The lowest BCUT2D eigenvalue weighted by molar-refractivity contribution is 0.0946. The Morgan fingerprint density at radius 1 is 0.970 bits per heavy atom. The summed E-state index contributed by atoms with van der Waals surface area (Å²) in [6, 6.07) is 20.9. The number of nitrogens with zero attached hydrogens (tertiary/aromatic N) is 1. The minimum Gasteiger partial charge on any atom is -0.358 e. The molecule has 3 N–H and O–H groups in total. The predicted octanol–water partition coefficient (Wildman–Crippen LogP) is 4.50. The molecule has 1 aliphatic heterocycles. The molecule has 0 radical (unpaired) electrons. The number of hydrogen-bond donors (Lipinski definition) is 3. The number of benzene rings is 2. The van der Waals surface area contributed by atoms with Gasteiger partial charge in [0.15, 0.2) is 0 Å². The number of H-pyrrole nitrogens is 1. The maximum absolute atomic E-state index is 13.3. The molecular formula is C27H25FN4O. The lowest BCUT2D eigenvalue weighted by Crippen LogP contribution is -2.31. The Labute approximate surface area is 192 Å². The number of carbonyl (C=O) groups excluding carboxylic acids is 1. The topological polar surface area (TPSA) is 69.8 Å². The average Bonchev–Trinajstić information content (AvgIpc) is 3.28. The van der Waals surface area contributed by atoms with Crippen molar-refractivity contribution in [3.63, 3.8) is 0 Å². The Balaban J connectivity index is 1.27. The van der Waals surface area contributed by atoms with E-state index in [-0.39, 0.29) is 11.7 Å². The molecule has 0 unspecified atom stereocenters. The molecule has 33 heavy (non-hydrogen) atoms. The molecule has 0 bridgehead atoms. The molecule has 1 amide bonds. The van der Waals surface area contributed by atoms with Crippen LogP contribution in [-0.2, 0) is 19.4 Å². The maximum atomic E-state index is 13.3. The zero-order chi connectivity index (χ0) is 22.6. The lowest BCUT2D eigenvalue weighted by Gasteiger charge is -2.11. The van der Waals surface area contributed by atoms with Crippen molar-refractivity contribution in [3.8, 4) is 22.5 Å². The molecule has 2 aromatic heterocycles. The molecule has 1 aliphatic rings. The van der Waals surface area contributed by atoms with E-state index in [2.05, 4.69) is 38.8 Å². The van der Waals surface area contributed by atoms with Crippen molar-refractivity contribution in [2.24, 2.45) is 0 Å². The molecule has 5 nitrogen and oxygen atoms in total. The summed E-state index contributed by atoms with van der Waals surface area (Å²) in [5.74, 6) is -0.219. The molecule has 4 aromatic rings. The van der Waals surface area contributed by atoms with Crippen molar-refractivity contribution in [1.82, 2.24) is 20.6 Å². The van der Waals surface area contributed by atoms with E-state index in [0.717, 1.165) is 70.8 Å². The number of aromatic amines is 1. The van der Waals surface area contributed by atoms with Gasteiger partial charge in [-0.05, 0) is 60.5 Å². The van der Waals surface area contributed by atoms with Gasteiger partial charge in [0.05, 0.1) is 11.3 Å². The summed E-state index contributed by atoms with van der Waals surface area (Å²) in [5, 5.41) is 6.32. The van der Waals surface area contributed by atoms with E-state index >= 15 is 0 Å². The first-order valence-corrected chi connectivity index (χ1v) is 11.2. The summed E-state index contributed by atoms with van der Waals surface area (Å²) in [7, 11) is 0. The van der Waals surface area contributed by atoms with E-state index in [1.54, 1.807) is 18.3 Å². The molecule has 0 aliphatic carbocycles. The smallest absolute Gasteiger partial charge is 0.253 e. The van der Waals surface area contributed by atoms with E-state index in [1.807, 2.05) is 30.3 Å². The molecule has 166 valence electrons. The predicted molar refractivity (Wildman–Crippen MR) is 127 cm³/mol. The molecule has 0 saturated heterocycles. The highest BCUT2D eigenvalue weighted by Crippen LogP contribution is 2.27. The van der Waals surface area contributed by atoms with Crippen LogP contribution in [0.4, 0.5) is 4.39 Å². The minimum atomic E-state index is -0.197. The normalized spacial score (nSPS) is 12.9. The Kier molecular flexibility index (Phi) is 6.00. The van der Waals surface area contributed by atoms with E-state index < -0.39 is 0 Å². The number of hydrogen-bond acceptors (Lipinski definition) is 3. The highest BCUT2D eigenvalue weighted by molar-refractivity contribution is 5.97. The van der Waals surface area contributed by atoms with Crippen LogP contribution in [0.15, 0.2) is 72.9 Å². The van der Waals surface area contributed by atoms with Crippen molar-refractivity contribution in [2.45, 2.75) is 19.4 Å². The molecular weight excluding hydrogens is 415 g/mol. The quantitative estimate of drug-likeness (QED) is 0.371. The van der Waals surface area contributed by atoms with Crippen molar-refractivity contribution in [2.75, 3.05) is 13.1 Å². The first kappa shape index (κ1) is 21.1. The number of halogens is 1. The fourth-order valence-electron chi connectivity index (χ4n) is 4.20. The summed E-state index contributed by atoms with van der Waals surface area (Å²) in [6.07, 6.45) is 3.39. The largest absolute Gasteiger partial charge is 0.358 e. The van der Waals surface area contributed by atoms with Crippen LogP contribution in [0.2, 0.25) is 0 Å². The summed E-state index contributed by atoms with van der Waals surface area (Å²) in [4.78, 5) is 20.1. The number of nitrogens with one attached hydrogen (secondary N) is 3. The minimum absolute atomic E-state index is 0.0226. The van der Waals surface area contributed by atoms with Gasteiger partial charge in [0.25, 0.3) is 5.91 Å². The van der Waals surface area contributed by atoms with Crippen LogP contribution in [0.5, 0.6) is 0 Å². The summed E-state index contributed by atoms with van der Waals surface area (Å²) in [6.45, 7) is 2.16. The van der Waals surface area contributed by atoms with Crippen molar-refractivity contribution in [3.05, 3.63) is 101 Å². The zero-order valence-corrected chi connectivity index (χ0v) is 18.2. The zero-order valence-electron chi connectivity index (χ0n) is 18.2. The number of pyridine rings is 1. The highest BCUT2D eigenvalue weighted by Gasteiger charge is 2.20. The van der Waals surface area contributed by atoms with Crippen molar-refractivity contribution < 1.29 is 9.18 Å². The number of rotatable bonds is 7. The fraction of sp³-hybridized carbons (Fsp3) is 0.185. The second kappa shape index (κ2) is 9.38. The standard InChI is InChI=1S/C27H25FN4O/c28-22-6-2-3-18(14-22)7-10-29-17-19-4-1-5-20(13-19)25-15-21(8-11-30-25)26-16-23-24(32-26)9-12-31-27(23)33/h1-6,8,11,13-16,29,32H,7,9-10,12,17H2,(H,31,33). The summed E-state index contributed by atoms with van der Waals surface area (Å²) < 4.78 is 13.3. The third-order valence-electron chi connectivity index (χ3n) is 5.91. The Morgan fingerprint density at radius 2 is 1.85 bits per heavy atom. The third-order valence-corrected chi connectivity index (χ3v) is 5.91. The molecule has 0 saturated carbocycles. The highest BCUT2D eigenvalue weighted by atomic mass is 19.1. The first-order valence-electron chi connectivity index (χ1n) is 11.2. The van der Waals surface area contributed by atoms with Crippen LogP contribution in [0.25, 0.3) is 22.5 Å². The summed E-state index contributed by atoms with van der Waals surface area (Å²) in [5.41, 5.74) is 7.70. The van der Waals surface area contributed by atoms with Gasteiger partial charge in [-0.2, -0.15) is 0 Å². The SMILES string of the molecule is O=C1NCCc2[nH]c(-c3ccnc(-c4cccc(CNCCc5cccc(F)c5)c4)c3)cc21. The van der Waals surface area contributed by atoms with Gasteiger partial charge >= 0.3 is 0 Å². The van der Waals surface area contributed by atoms with Gasteiger partial charge in [-0.15, -0.1) is 0 Å². The molecule has 2 aromatic carbocycles. The van der Waals surface area contributed by atoms with E-state index in [4.69, 9.17) is 0 Å². The molecule has 5 rings (SSSR count). The van der Waals surface area contributed by atoms with Crippen LogP contribution < -0.4 is 10.6 Å². The van der Waals surface area contributed by atoms with Crippen LogP contribution >= 0.6 is 0 Å². The number of aromatic nitrogens is 2. The van der Waals surface area contributed by atoms with Gasteiger partial charge in [0.2, 0.25) is 0 Å². The van der Waals surface area contributed by atoms with Gasteiger partial charge in [-0.25, -0.2) is 4.39 Å². The third kappa shape index (κ3) is 4.86. The van der Waals surface area contributed by atoms with Crippen LogP contribution in [-0.4, -0.2) is 29.0 Å².